The number of para-hydroxylation sites is 1. The fourth-order valence-corrected chi connectivity index (χ4v) is 3.34. The summed E-state index contributed by atoms with van der Waals surface area (Å²) in [5, 5.41) is 6.50. The second-order valence-electron chi connectivity index (χ2n) is 6.62. The lowest BCUT2D eigenvalue weighted by Crippen LogP contribution is -2.63. The first-order valence-electron chi connectivity index (χ1n) is 7.78. The Morgan fingerprint density at radius 3 is 2.86 bits per heavy atom. The lowest BCUT2D eigenvalue weighted by Gasteiger charge is -2.51. The molecule has 1 aromatic rings. The second kappa shape index (κ2) is 5.34. The Hall–Kier alpha value is -1.55. The van der Waals surface area contributed by atoms with Crippen LogP contribution in [0.4, 0.5) is 5.69 Å². The zero-order valence-corrected chi connectivity index (χ0v) is 13.0. The van der Waals surface area contributed by atoms with Crippen LogP contribution in [0.5, 0.6) is 0 Å². The fourth-order valence-electron chi connectivity index (χ4n) is 3.34. The van der Waals surface area contributed by atoms with E-state index < -0.39 is 0 Å². The number of ether oxygens (including phenoxy) is 1. The molecular weight excluding hydrogens is 264 g/mol. The molecule has 21 heavy (non-hydrogen) atoms. The zero-order valence-electron chi connectivity index (χ0n) is 13.0. The summed E-state index contributed by atoms with van der Waals surface area (Å²) in [7, 11) is 0. The van der Waals surface area contributed by atoms with E-state index >= 15 is 0 Å². The highest BCUT2D eigenvalue weighted by Gasteiger charge is 2.50. The molecule has 1 heterocycles. The maximum atomic E-state index is 12.5. The van der Waals surface area contributed by atoms with Crippen LogP contribution in [-0.4, -0.2) is 30.7 Å². The van der Waals surface area contributed by atoms with E-state index in [-0.39, 0.29) is 29.5 Å². The zero-order chi connectivity index (χ0) is 15.0. The molecule has 2 unspecified atom stereocenters. The van der Waals surface area contributed by atoms with Crippen LogP contribution in [0.15, 0.2) is 24.3 Å². The smallest absolute Gasteiger partial charge is 0.243 e. The van der Waals surface area contributed by atoms with Gasteiger partial charge in [-0.3, -0.25) is 4.79 Å². The van der Waals surface area contributed by atoms with Gasteiger partial charge in [-0.25, -0.2) is 0 Å². The Kier molecular flexibility index (Phi) is 3.66. The molecule has 4 heteroatoms. The number of hydrogen-bond donors (Lipinski definition) is 2. The van der Waals surface area contributed by atoms with Crippen LogP contribution in [0.3, 0.4) is 0 Å². The number of amides is 1. The molecule has 1 saturated carbocycles. The number of benzene rings is 1. The third kappa shape index (κ3) is 2.53. The van der Waals surface area contributed by atoms with E-state index in [4.69, 9.17) is 4.74 Å². The van der Waals surface area contributed by atoms with Gasteiger partial charge in [0, 0.05) is 30.2 Å². The van der Waals surface area contributed by atoms with E-state index in [2.05, 4.69) is 30.5 Å². The highest BCUT2D eigenvalue weighted by Crippen LogP contribution is 2.42. The standard InChI is InChI=1S/C17H24N2O2/c1-4-21-15-10-14(17(15,2)3)19-16(20)13-9-11-7-5-6-8-12(11)18-13/h5-8,13-15,18H,4,9-10H2,1-3H3,(H,19,20)/t13-,14?,15?/m0/s1. The Labute approximate surface area is 126 Å². The quantitative estimate of drug-likeness (QED) is 0.894. The van der Waals surface area contributed by atoms with Crippen molar-refractivity contribution in [3.05, 3.63) is 29.8 Å². The van der Waals surface area contributed by atoms with Crippen molar-refractivity contribution >= 4 is 11.6 Å². The predicted molar refractivity (Wildman–Crippen MR) is 83.3 cm³/mol. The van der Waals surface area contributed by atoms with E-state index in [0.717, 1.165) is 25.1 Å². The molecule has 2 N–H and O–H groups in total. The van der Waals surface area contributed by atoms with Crippen molar-refractivity contribution < 1.29 is 9.53 Å². The largest absolute Gasteiger partial charge is 0.378 e. The van der Waals surface area contributed by atoms with Gasteiger partial charge in [0.05, 0.1) is 6.10 Å². The highest BCUT2D eigenvalue weighted by atomic mass is 16.5. The van der Waals surface area contributed by atoms with Crippen molar-refractivity contribution in [1.29, 1.82) is 0 Å². The SMILES string of the molecule is CCOC1CC(NC(=O)[C@@H]2Cc3ccccc3N2)C1(C)C. The maximum absolute atomic E-state index is 12.5. The first kappa shape index (κ1) is 14.4. The number of anilines is 1. The van der Waals surface area contributed by atoms with E-state index in [9.17, 15) is 4.79 Å². The molecule has 0 spiro atoms. The molecule has 114 valence electrons. The van der Waals surface area contributed by atoms with Crippen LogP contribution < -0.4 is 10.6 Å². The van der Waals surface area contributed by atoms with Gasteiger partial charge < -0.3 is 15.4 Å². The molecule has 0 radical (unpaired) electrons. The fraction of sp³-hybridized carbons (Fsp3) is 0.588. The van der Waals surface area contributed by atoms with Gasteiger partial charge in [0.15, 0.2) is 0 Å². The van der Waals surface area contributed by atoms with E-state index in [1.165, 1.54) is 5.56 Å². The molecule has 1 amide bonds. The van der Waals surface area contributed by atoms with Gasteiger partial charge in [-0.1, -0.05) is 32.0 Å². The van der Waals surface area contributed by atoms with Crippen molar-refractivity contribution in [1.82, 2.24) is 5.32 Å². The summed E-state index contributed by atoms with van der Waals surface area (Å²) in [5.41, 5.74) is 2.31. The van der Waals surface area contributed by atoms with Crippen molar-refractivity contribution in [2.45, 2.75) is 51.8 Å². The van der Waals surface area contributed by atoms with Crippen molar-refractivity contribution in [2.24, 2.45) is 5.41 Å². The van der Waals surface area contributed by atoms with Gasteiger partial charge in [0.25, 0.3) is 0 Å². The molecular formula is C17H24N2O2. The second-order valence-corrected chi connectivity index (χ2v) is 6.62. The number of rotatable bonds is 4. The third-order valence-electron chi connectivity index (χ3n) is 4.95. The molecule has 1 fully saturated rings. The number of nitrogens with one attached hydrogen (secondary N) is 2. The summed E-state index contributed by atoms with van der Waals surface area (Å²) in [6.07, 6.45) is 1.93. The lowest BCUT2D eigenvalue weighted by atomic mass is 9.64. The summed E-state index contributed by atoms with van der Waals surface area (Å²) < 4.78 is 5.71. The van der Waals surface area contributed by atoms with Crippen LogP contribution in [0.2, 0.25) is 0 Å². The molecule has 4 nitrogen and oxygen atoms in total. The first-order chi connectivity index (χ1) is 10.0. The molecule has 2 aliphatic rings. The van der Waals surface area contributed by atoms with E-state index in [0.29, 0.717) is 0 Å². The summed E-state index contributed by atoms with van der Waals surface area (Å²) in [5.74, 6) is 0.0965. The summed E-state index contributed by atoms with van der Waals surface area (Å²) >= 11 is 0. The highest BCUT2D eigenvalue weighted by molar-refractivity contribution is 5.87. The Balaban J connectivity index is 1.57. The molecule has 3 rings (SSSR count). The average molecular weight is 288 g/mol. The first-order valence-corrected chi connectivity index (χ1v) is 7.78. The van der Waals surface area contributed by atoms with Crippen molar-refractivity contribution in [3.63, 3.8) is 0 Å². The monoisotopic (exact) mass is 288 g/mol. The van der Waals surface area contributed by atoms with E-state index in [1.54, 1.807) is 0 Å². The van der Waals surface area contributed by atoms with E-state index in [1.807, 2.05) is 25.1 Å². The Bertz CT molecular complexity index is 516. The summed E-state index contributed by atoms with van der Waals surface area (Å²) in [4.78, 5) is 12.5. The number of carbonyl (C=O) groups is 1. The normalized spacial score (nSPS) is 29.2. The molecule has 1 aliphatic heterocycles. The summed E-state index contributed by atoms with van der Waals surface area (Å²) in [6, 6.07) is 8.17. The van der Waals surface area contributed by atoms with Crippen LogP contribution in [0, 0.1) is 5.41 Å². The molecule has 0 saturated heterocycles. The van der Waals surface area contributed by atoms with Gasteiger partial charge in [-0.15, -0.1) is 0 Å². The van der Waals surface area contributed by atoms with Gasteiger partial charge in [-0.2, -0.15) is 0 Å². The predicted octanol–water partition coefficient (Wildman–Crippen LogP) is 2.34. The molecule has 1 aromatic carbocycles. The molecule has 3 atom stereocenters. The van der Waals surface area contributed by atoms with Crippen molar-refractivity contribution in [2.75, 3.05) is 11.9 Å². The minimum atomic E-state index is -0.149. The van der Waals surface area contributed by atoms with Crippen LogP contribution in [0.25, 0.3) is 0 Å². The average Bonchev–Trinajstić information content (AvgIpc) is 2.90. The van der Waals surface area contributed by atoms with Gasteiger partial charge in [-0.05, 0) is 25.0 Å². The maximum Gasteiger partial charge on any atom is 0.243 e. The number of fused-ring (bicyclic) bond motifs is 1. The Morgan fingerprint density at radius 1 is 1.43 bits per heavy atom. The number of hydrogen-bond acceptors (Lipinski definition) is 3. The minimum Gasteiger partial charge on any atom is -0.378 e. The third-order valence-corrected chi connectivity index (χ3v) is 4.95. The van der Waals surface area contributed by atoms with Gasteiger partial charge in [0.2, 0.25) is 5.91 Å². The van der Waals surface area contributed by atoms with Gasteiger partial charge >= 0.3 is 0 Å². The molecule has 0 bridgehead atoms. The Morgan fingerprint density at radius 2 is 2.19 bits per heavy atom. The van der Waals surface area contributed by atoms with Crippen LogP contribution in [0.1, 0.15) is 32.8 Å². The number of carbonyl (C=O) groups excluding carboxylic acids is 1. The lowest BCUT2D eigenvalue weighted by molar-refractivity contribution is -0.137. The minimum absolute atomic E-state index is 0.0110. The summed E-state index contributed by atoms with van der Waals surface area (Å²) in [6.45, 7) is 7.08. The topological polar surface area (TPSA) is 50.4 Å². The molecule has 1 aliphatic carbocycles. The van der Waals surface area contributed by atoms with Crippen molar-refractivity contribution in [3.8, 4) is 0 Å². The van der Waals surface area contributed by atoms with Crippen LogP contribution >= 0.6 is 0 Å². The van der Waals surface area contributed by atoms with Gasteiger partial charge in [0.1, 0.15) is 6.04 Å². The molecule has 0 aromatic heterocycles. The van der Waals surface area contributed by atoms with Crippen LogP contribution in [-0.2, 0) is 16.0 Å².